The van der Waals surface area contributed by atoms with Crippen molar-refractivity contribution < 1.29 is 8.42 Å². The van der Waals surface area contributed by atoms with Crippen molar-refractivity contribution in [3.05, 3.63) is 48.8 Å². The summed E-state index contributed by atoms with van der Waals surface area (Å²) in [7, 11) is -3.37. The number of hydrogen-bond acceptors (Lipinski definition) is 8. The molecule has 12 heteroatoms. The molecule has 0 amide bonds. The number of imidazole rings is 2. The molecular formula is C16H17N9O2S. The molecule has 28 heavy (non-hydrogen) atoms. The SMILES string of the molecule is CS(=O)(=O)Nc1cccc(Nc2nc(NCc3ncc[nH]3)c3[nH]cnc3n2)c1. The average Bonchev–Trinajstić information content (AvgIpc) is 3.30. The molecule has 5 N–H and O–H groups in total. The summed E-state index contributed by atoms with van der Waals surface area (Å²) in [6, 6.07) is 6.80. The number of nitrogens with one attached hydrogen (secondary N) is 5. The van der Waals surface area contributed by atoms with Crippen LogP contribution in [0.1, 0.15) is 5.82 Å². The molecule has 1 aromatic carbocycles. The van der Waals surface area contributed by atoms with Gasteiger partial charge in [-0.05, 0) is 18.2 Å². The van der Waals surface area contributed by atoms with E-state index in [0.29, 0.717) is 40.8 Å². The first-order valence-electron chi connectivity index (χ1n) is 8.24. The van der Waals surface area contributed by atoms with Crippen LogP contribution in [0.2, 0.25) is 0 Å². The Labute approximate surface area is 160 Å². The van der Waals surface area contributed by atoms with Crippen LogP contribution in [0.15, 0.2) is 43.0 Å². The maximum absolute atomic E-state index is 11.4. The molecule has 0 radical (unpaired) electrons. The number of H-pyrrole nitrogens is 2. The van der Waals surface area contributed by atoms with Gasteiger partial charge in [-0.15, -0.1) is 0 Å². The molecule has 0 aliphatic rings. The molecule has 0 atom stereocenters. The van der Waals surface area contributed by atoms with E-state index in [-0.39, 0.29) is 0 Å². The zero-order chi connectivity index (χ0) is 19.6. The molecule has 0 bridgehead atoms. The highest BCUT2D eigenvalue weighted by atomic mass is 32.2. The second-order valence-electron chi connectivity index (χ2n) is 5.97. The van der Waals surface area contributed by atoms with E-state index < -0.39 is 10.0 Å². The van der Waals surface area contributed by atoms with Gasteiger partial charge in [-0.25, -0.2) is 18.4 Å². The van der Waals surface area contributed by atoms with E-state index in [1.54, 1.807) is 36.7 Å². The molecule has 3 aromatic heterocycles. The van der Waals surface area contributed by atoms with E-state index in [0.717, 1.165) is 12.1 Å². The summed E-state index contributed by atoms with van der Waals surface area (Å²) in [5, 5.41) is 6.27. The maximum Gasteiger partial charge on any atom is 0.231 e. The minimum Gasteiger partial charge on any atom is -0.361 e. The molecule has 0 saturated carbocycles. The lowest BCUT2D eigenvalue weighted by Gasteiger charge is -2.10. The summed E-state index contributed by atoms with van der Waals surface area (Å²) in [4.78, 5) is 23.2. The van der Waals surface area contributed by atoms with Crippen molar-refractivity contribution in [2.45, 2.75) is 6.54 Å². The monoisotopic (exact) mass is 399 g/mol. The number of fused-ring (bicyclic) bond motifs is 1. The van der Waals surface area contributed by atoms with Crippen LogP contribution in [0.5, 0.6) is 0 Å². The zero-order valence-electron chi connectivity index (χ0n) is 14.8. The molecular weight excluding hydrogens is 382 g/mol. The number of benzene rings is 1. The Morgan fingerprint density at radius 3 is 2.75 bits per heavy atom. The highest BCUT2D eigenvalue weighted by molar-refractivity contribution is 7.92. The lowest BCUT2D eigenvalue weighted by atomic mass is 10.3. The first-order chi connectivity index (χ1) is 13.5. The second kappa shape index (κ2) is 7.15. The van der Waals surface area contributed by atoms with E-state index >= 15 is 0 Å². The fourth-order valence-electron chi connectivity index (χ4n) is 2.58. The zero-order valence-corrected chi connectivity index (χ0v) is 15.6. The summed E-state index contributed by atoms with van der Waals surface area (Å²) < 4.78 is 25.3. The first kappa shape index (κ1) is 17.7. The molecule has 144 valence electrons. The number of hydrogen-bond donors (Lipinski definition) is 5. The van der Waals surface area contributed by atoms with Crippen molar-refractivity contribution in [3.63, 3.8) is 0 Å². The van der Waals surface area contributed by atoms with Gasteiger partial charge < -0.3 is 20.6 Å². The third kappa shape index (κ3) is 4.17. The maximum atomic E-state index is 11.4. The van der Waals surface area contributed by atoms with Crippen molar-refractivity contribution in [1.82, 2.24) is 29.9 Å². The molecule has 0 aliphatic carbocycles. The topological polar surface area (TPSA) is 153 Å². The fourth-order valence-corrected chi connectivity index (χ4v) is 3.14. The van der Waals surface area contributed by atoms with Gasteiger partial charge in [0, 0.05) is 18.1 Å². The molecule has 0 fully saturated rings. The van der Waals surface area contributed by atoms with Gasteiger partial charge in [-0.1, -0.05) is 6.07 Å². The van der Waals surface area contributed by atoms with Crippen LogP contribution in [0.3, 0.4) is 0 Å². The second-order valence-corrected chi connectivity index (χ2v) is 7.71. The number of anilines is 4. The van der Waals surface area contributed by atoms with Crippen molar-refractivity contribution >= 4 is 44.3 Å². The number of sulfonamides is 1. The van der Waals surface area contributed by atoms with Crippen molar-refractivity contribution in [2.75, 3.05) is 21.6 Å². The lowest BCUT2D eigenvalue weighted by Crippen LogP contribution is -2.09. The van der Waals surface area contributed by atoms with Crippen LogP contribution in [0, 0.1) is 0 Å². The number of nitrogens with zero attached hydrogens (tertiary/aromatic N) is 4. The molecule has 4 rings (SSSR count). The Morgan fingerprint density at radius 2 is 1.96 bits per heavy atom. The summed E-state index contributed by atoms with van der Waals surface area (Å²) in [6.45, 7) is 0.450. The minimum absolute atomic E-state index is 0.318. The van der Waals surface area contributed by atoms with Gasteiger partial charge >= 0.3 is 0 Å². The fraction of sp³-hybridized carbons (Fsp3) is 0.125. The van der Waals surface area contributed by atoms with Crippen LogP contribution < -0.4 is 15.4 Å². The largest absolute Gasteiger partial charge is 0.361 e. The van der Waals surface area contributed by atoms with Gasteiger partial charge in [0.15, 0.2) is 11.5 Å². The number of aromatic nitrogens is 6. The minimum atomic E-state index is -3.37. The van der Waals surface area contributed by atoms with Crippen LogP contribution in [-0.2, 0) is 16.6 Å². The highest BCUT2D eigenvalue weighted by Gasteiger charge is 2.11. The smallest absolute Gasteiger partial charge is 0.231 e. The summed E-state index contributed by atoms with van der Waals surface area (Å²) in [6.07, 6.45) is 6.05. The average molecular weight is 399 g/mol. The predicted molar refractivity (Wildman–Crippen MR) is 106 cm³/mol. The Hall–Kier alpha value is -3.67. The van der Waals surface area contributed by atoms with Crippen molar-refractivity contribution in [3.8, 4) is 0 Å². The van der Waals surface area contributed by atoms with Crippen molar-refractivity contribution in [2.24, 2.45) is 0 Å². The Kier molecular flexibility index (Phi) is 4.53. The molecule has 0 aliphatic heterocycles. The van der Waals surface area contributed by atoms with Crippen LogP contribution in [0.4, 0.5) is 23.1 Å². The summed E-state index contributed by atoms with van der Waals surface area (Å²) in [5.41, 5.74) is 2.22. The van der Waals surface area contributed by atoms with E-state index in [4.69, 9.17) is 0 Å². The summed E-state index contributed by atoms with van der Waals surface area (Å²) in [5.74, 6) is 1.64. The molecule has 0 saturated heterocycles. The van der Waals surface area contributed by atoms with Crippen LogP contribution in [0.25, 0.3) is 11.2 Å². The third-order valence-corrected chi connectivity index (χ3v) is 4.29. The highest BCUT2D eigenvalue weighted by Crippen LogP contribution is 2.23. The van der Waals surface area contributed by atoms with Crippen LogP contribution in [-0.4, -0.2) is 44.6 Å². The van der Waals surface area contributed by atoms with Crippen molar-refractivity contribution in [1.29, 1.82) is 0 Å². The normalized spacial score (nSPS) is 11.5. The van der Waals surface area contributed by atoms with Gasteiger partial charge in [0.1, 0.15) is 11.3 Å². The third-order valence-electron chi connectivity index (χ3n) is 3.69. The standard InChI is InChI=1S/C16H17N9O2S/c1-28(26,27)25-11-4-2-3-10(7-11)22-16-23-14(13-15(24-16)21-9-20-13)19-8-12-17-5-6-18-12/h2-7,9,25H,8H2,1H3,(H,17,18)(H3,19,20,21,22,23,24). The first-order valence-corrected chi connectivity index (χ1v) is 10.1. The van der Waals surface area contributed by atoms with Crippen LogP contribution >= 0.6 is 0 Å². The molecule has 11 nitrogen and oxygen atoms in total. The van der Waals surface area contributed by atoms with E-state index in [1.807, 2.05) is 0 Å². The van der Waals surface area contributed by atoms with Gasteiger partial charge in [0.05, 0.1) is 24.8 Å². The number of aromatic amines is 2. The van der Waals surface area contributed by atoms with Gasteiger partial charge in [-0.2, -0.15) is 9.97 Å². The van der Waals surface area contributed by atoms with E-state index in [9.17, 15) is 8.42 Å². The molecule has 0 spiro atoms. The Morgan fingerprint density at radius 1 is 1.11 bits per heavy atom. The number of rotatable bonds is 7. The van der Waals surface area contributed by atoms with Gasteiger partial charge in [0.2, 0.25) is 16.0 Å². The quantitative estimate of drug-likeness (QED) is 0.315. The van der Waals surface area contributed by atoms with E-state index in [1.165, 1.54) is 6.33 Å². The predicted octanol–water partition coefficient (Wildman–Crippen LogP) is 1.80. The summed E-state index contributed by atoms with van der Waals surface area (Å²) >= 11 is 0. The molecule has 3 heterocycles. The van der Waals surface area contributed by atoms with E-state index in [2.05, 4.69) is 45.3 Å². The van der Waals surface area contributed by atoms with Gasteiger partial charge in [-0.3, -0.25) is 4.72 Å². The lowest BCUT2D eigenvalue weighted by molar-refractivity contribution is 0.607. The van der Waals surface area contributed by atoms with Gasteiger partial charge in [0.25, 0.3) is 0 Å². The Balaban J connectivity index is 1.59. The molecule has 4 aromatic rings. The molecule has 0 unspecified atom stereocenters. The Bertz CT molecular complexity index is 1200.